The molecule has 2 aromatic carbocycles. The molecule has 24 heavy (non-hydrogen) atoms. The molecule has 0 aliphatic rings. The lowest BCUT2D eigenvalue weighted by Gasteiger charge is -2.11. The maximum atomic E-state index is 12.2. The van der Waals surface area contributed by atoms with Crippen LogP contribution in [0.25, 0.3) is 22.9 Å². The highest BCUT2D eigenvalue weighted by molar-refractivity contribution is 7.89. The average Bonchev–Trinajstić information content (AvgIpc) is 3.05. The Bertz CT molecular complexity index is 966. The van der Waals surface area contributed by atoms with Gasteiger partial charge in [0, 0.05) is 30.2 Å². The predicted molar refractivity (Wildman–Crippen MR) is 91.1 cm³/mol. The van der Waals surface area contributed by atoms with Crippen molar-refractivity contribution in [2.24, 2.45) is 0 Å². The molecule has 0 fully saturated rings. The third-order valence-electron chi connectivity index (χ3n) is 3.38. The Balaban J connectivity index is 1.98. The van der Waals surface area contributed by atoms with E-state index in [-0.39, 0.29) is 10.8 Å². The first kappa shape index (κ1) is 16.6. The summed E-state index contributed by atoms with van der Waals surface area (Å²) in [7, 11) is -0.570. The van der Waals surface area contributed by atoms with E-state index in [1.54, 1.807) is 36.4 Å². The topological polar surface area (TPSA) is 76.3 Å². The van der Waals surface area contributed by atoms with Gasteiger partial charge in [-0.3, -0.25) is 0 Å². The standard InChI is InChI=1S/C16H14ClN3O3S/c1-20(2)24(21,22)14-5-3-4-12(10-14)16-19-18-15(23-16)11-6-8-13(17)9-7-11/h3-10H,1-2H3. The molecule has 0 aliphatic carbocycles. The molecule has 0 radical (unpaired) electrons. The van der Waals surface area contributed by atoms with Crippen molar-refractivity contribution in [2.75, 3.05) is 14.1 Å². The van der Waals surface area contributed by atoms with Gasteiger partial charge in [-0.05, 0) is 42.5 Å². The van der Waals surface area contributed by atoms with E-state index in [2.05, 4.69) is 10.2 Å². The van der Waals surface area contributed by atoms with Gasteiger partial charge in [-0.1, -0.05) is 17.7 Å². The summed E-state index contributed by atoms with van der Waals surface area (Å²) >= 11 is 5.86. The van der Waals surface area contributed by atoms with Crippen molar-refractivity contribution in [1.29, 1.82) is 0 Å². The molecule has 3 aromatic rings. The monoisotopic (exact) mass is 363 g/mol. The summed E-state index contributed by atoms with van der Waals surface area (Å²) in [6.45, 7) is 0. The van der Waals surface area contributed by atoms with E-state index in [4.69, 9.17) is 16.0 Å². The van der Waals surface area contributed by atoms with Crippen LogP contribution in [0.3, 0.4) is 0 Å². The Hall–Kier alpha value is -2.22. The molecular formula is C16H14ClN3O3S. The summed E-state index contributed by atoms with van der Waals surface area (Å²) in [4.78, 5) is 0.163. The predicted octanol–water partition coefficient (Wildman–Crippen LogP) is 3.31. The van der Waals surface area contributed by atoms with E-state index in [1.165, 1.54) is 26.2 Å². The van der Waals surface area contributed by atoms with E-state index >= 15 is 0 Å². The van der Waals surface area contributed by atoms with Gasteiger partial charge in [-0.25, -0.2) is 12.7 Å². The van der Waals surface area contributed by atoms with Gasteiger partial charge in [-0.15, -0.1) is 10.2 Å². The van der Waals surface area contributed by atoms with Gasteiger partial charge in [0.05, 0.1) is 4.90 Å². The smallest absolute Gasteiger partial charge is 0.248 e. The van der Waals surface area contributed by atoms with Crippen LogP contribution in [0.2, 0.25) is 5.02 Å². The average molecular weight is 364 g/mol. The molecule has 0 unspecified atom stereocenters. The van der Waals surface area contributed by atoms with Crippen molar-refractivity contribution in [1.82, 2.24) is 14.5 Å². The van der Waals surface area contributed by atoms with Crippen LogP contribution in [-0.2, 0) is 10.0 Å². The Morgan fingerprint density at radius 3 is 2.21 bits per heavy atom. The highest BCUT2D eigenvalue weighted by atomic mass is 35.5. The molecule has 3 rings (SSSR count). The van der Waals surface area contributed by atoms with Gasteiger partial charge in [0.1, 0.15) is 0 Å². The minimum Gasteiger partial charge on any atom is -0.416 e. The number of nitrogens with zero attached hydrogens (tertiary/aromatic N) is 3. The molecule has 0 aliphatic heterocycles. The number of benzene rings is 2. The maximum Gasteiger partial charge on any atom is 0.248 e. The molecule has 0 saturated carbocycles. The van der Waals surface area contributed by atoms with E-state index in [0.717, 1.165) is 9.87 Å². The molecule has 8 heteroatoms. The van der Waals surface area contributed by atoms with Gasteiger partial charge in [0.15, 0.2) is 0 Å². The van der Waals surface area contributed by atoms with Crippen LogP contribution in [0.1, 0.15) is 0 Å². The fourth-order valence-electron chi connectivity index (χ4n) is 2.05. The van der Waals surface area contributed by atoms with Crippen molar-refractivity contribution in [3.8, 4) is 22.9 Å². The fraction of sp³-hybridized carbons (Fsp3) is 0.125. The van der Waals surface area contributed by atoms with Gasteiger partial charge < -0.3 is 4.42 Å². The molecular weight excluding hydrogens is 350 g/mol. The minimum absolute atomic E-state index is 0.163. The first-order valence-corrected chi connectivity index (χ1v) is 8.82. The van der Waals surface area contributed by atoms with Crippen molar-refractivity contribution < 1.29 is 12.8 Å². The normalized spacial score (nSPS) is 11.8. The number of rotatable bonds is 4. The fourth-order valence-corrected chi connectivity index (χ4v) is 3.12. The molecule has 1 heterocycles. The highest BCUT2D eigenvalue weighted by Crippen LogP contribution is 2.26. The first-order chi connectivity index (χ1) is 11.4. The summed E-state index contributed by atoms with van der Waals surface area (Å²) < 4.78 is 31.2. The van der Waals surface area contributed by atoms with Crippen LogP contribution in [-0.4, -0.2) is 37.0 Å². The Kier molecular flexibility index (Phi) is 4.40. The second-order valence-corrected chi connectivity index (χ2v) is 7.82. The molecule has 0 spiro atoms. The van der Waals surface area contributed by atoms with Gasteiger partial charge in [0.25, 0.3) is 0 Å². The van der Waals surface area contributed by atoms with Crippen LogP contribution in [0.5, 0.6) is 0 Å². The SMILES string of the molecule is CN(C)S(=O)(=O)c1cccc(-c2nnc(-c3ccc(Cl)cc3)o2)c1. The number of aromatic nitrogens is 2. The number of hydrogen-bond donors (Lipinski definition) is 0. The quantitative estimate of drug-likeness (QED) is 0.710. The zero-order chi connectivity index (χ0) is 17.3. The summed E-state index contributed by atoms with van der Waals surface area (Å²) in [5.74, 6) is 0.582. The molecule has 1 aromatic heterocycles. The van der Waals surface area contributed by atoms with Crippen LogP contribution in [0.4, 0.5) is 0 Å². The van der Waals surface area contributed by atoms with Crippen LogP contribution >= 0.6 is 11.6 Å². The largest absolute Gasteiger partial charge is 0.416 e. The summed E-state index contributed by atoms with van der Waals surface area (Å²) in [6, 6.07) is 13.4. The van der Waals surface area contributed by atoms with E-state index in [9.17, 15) is 8.42 Å². The third kappa shape index (κ3) is 3.19. The van der Waals surface area contributed by atoms with Crippen LogP contribution in [0, 0.1) is 0 Å². The first-order valence-electron chi connectivity index (χ1n) is 7.00. The van der Waals surface area contributed by atoms with E-state index in [0.29, 0.717) is 16.5 Å². The van der Waals surface area contributed by atoms with Gasteiger partial charge >= 0.3 is 0 Å². The highest BCUT2D eigenvalue weighted by Gasteiger charge is 2.19. The number of sulfonamides is 1. The summed E-state index contributed by atoms with van der Waals surface area (Å²) in [6.07, 6.45) is 0. The molecule has 0 N–H and O–H groups in total. The molecule has 124 valence electrons. The molecule has 0 bridgehead atoms. The summed E-state index contributed by atoms with van der Waals surface area (Å²) in [5.41, 5.74) is 1.26. The molecule has 0 saturated heterocycles. The molecule has 0 amide bonds. The van der Waals surface area contributed by atoms with Crippen LogP contribution < -0.4 is 0 Å². The molecule has 0 atom stereocenters. The number of halogens is 1. The Morgan fingerprint density at radius 1 is 0.958 bits per heavy atom. The van der Waals surface area contributed by atoms with Crippen LogP contribution in [0.15, 0.2) is 57.8 Å². The van der Waals surface area contributed by atoms with E-state index < -0.39 is 10.0 Å². The van der Waals surface area contributed by atoms with Gasteiger partial charge in [-0.2, -0.15) is 0 Å². The lowest BCUT2D eigenvalue weighted by molar-refractivity contribution is 0.520. The minimum atomic E-state index is -3.53. The van der Waals surface area contributed by atoms with Crippen molar-refractivity contribution >= 4 is 21.6 Å². The maximum absolute atomic E-state index is 12.2. The third-order valence-corrected chi connectivity index (χ3v) is 5.44. The van der Waals surface area contributed by atoms with Crippen molar-refractivity contribution in [3.05, 3.63) is 53.6 Å². The zero-order valence-corrected chi connectivity index (χ0v) is 14.5. The zero-order valence-electron chi connectivity index (χ0n) is 13.0. The Morgan fingerprint density at radius 2 is 1.58 bits per heavy atom. The lowest BCUT2D eigenvalue weighted by atomic mass is 10.2. The number of hydrogen-bond acceptors (Lipinski definition) is 5. The lowest BCUT2D eigenvalue weighted by Crippen LogP contribution is -2.22. The summed E-state index contributed by atoms with van der Waals surface area (Å²) in [5, 5.41) is 8.61. The van der Waals surface area contributed by atoms with E-state index in [1.807, 2.05) is 0 Å². The van der Waals surface area contributed by atoms with Crippen molar-refractivity contribution in [3.63, 3.8) is 0 Å². The molecule has 6 nitrogen and oxygen atoms in total. The van der Waals surface area contributed by atoms with Crippen molar-refractivity contribution in [2.45, 2.75) is 4.90 Å². The van der Waals surface area contributed by atoms with Gasteiger partial charge in [0.2, 0.25) is 21.8 Å². The second-order valence-electron chi connectivity index (χ2n) is 5.23. The Labute approximate surface area is 144 Å². The second kappa shape index (κ2) is 6.35.